The number of amides is 1. The SMILES string of the molecule is O=C(NC(CO)c1ccccc1)c1ccc2c(c1)oc1cnccc12. The summed E-state index contributed by atoms with van der Waals surface area (Å²) in [6.07, 6.45) is 3.37. The van der Waals surface area contributed by atoms with Crippen molar-refractivity contribution in [2.45, 2.75) is 6.04 Å². The highest BCUT2D eigenvalue weighted by Crippen LogP contribution is 2.28. The maximum Gasteiger partial charge on any atom is 0.251 e. The predicted octanol–water partition coefficient (Wildman–Crippen LogP) is 3.44. The molecule has 0 saturated heterocycles. The second-order valence-electron chi connectivity index (χ2n) is 5.80. The van der Waals surface area contributed by atoms with Gasteiger partial charge in [-0.1, -0.05) is 30.3 Å². The Bertz CT molecular complexity index is 1040. The standard InChI is InChI=1S/C20H16N2O3/c23-12-17(13-4-2-1-3-5-13)22-20(24)14-6-7-15-16-8-9-21-11-19(16)25-18(15)10-14/h1-11,17,23H,12H2,(H,22,24). The van der Waals surface area contributed by atoms with Gasteiger partial charge in [-0.25, -0.2) is 0 Å². The molecule has 4 rings (SSSR count). The molecule has 4 aromatic rings. The van der Waals surface area contributed by atoms with Gasteiger partial charge in [0.15, 0.2) is 5.58 Å². The van der Waals surface area contributed by atoms with E-state index in [0.29, 0.717) is 16.7 Å². The molecule has 2 heterocycles. The van der Waals surface area contributed by atoms with Crippen LogP contribution in [-0.2, 0) is 0 Å². The molecule has 1 unspecified atom stereocenters. The summed E-state index contributed by atoms with van der Waals surface area (Å²) in [6, 6.07) is 16.2. The van der Waals surface area contributed by atoms with Crippen LogP contribution < -0.4 is 5.32 Å². The summed E-state index contributed by atoms with van der Waals surface area (Å²) < 4.78 is 5.77. The number of hydrogen-bond donors (Lipinski definition) is 2. The number of rotatable bonds is 4. The largest absolute Gasteiger partial charge is 0.454 e. The van der Waals surface area contributed by atoms with E-state index in [-0.39, 0.29) is 12.5 Å². The van der Waals surface area contributed by atoms with Crippen LogP contribution in [0.1, 0.15) is 22.0 Å². The van der Waals surface area contributed by atoms with E-state index in [4.69, 9.17) is 4.42 Å². The van der Waals surface area contributed by atoms with Gasteiger partial charge in [0.1, 0.15) is 5.58 Å². The number of benzene rings is 2. The van der Waals surface area contributed by atoms with Crippen LogP contribution in [0.4, 0.5) is 0 Å². The summed E-state index contributed by atoms with van der Waals surface area (Å²) in [5.74, 6) is -0.261. The summed E-state index contributed by atoms with van der Waals surface area (Å²) in [6.45, 7) is -0.172. The summed E-state index contributed by atoms with van der Waals surface area (Å²) >= 11 is 0. The second-order valence-corrected chi connectivity index (χ2v) is 5.80. The minimum Gasteiger partial charge on any atom is -0.454 e. The highest BCUT2D eigenvalue weighted by Gasteiger charge is 2.16. The molecular weight excluding hydrogens is 316 g/mol. The first kappa shape index (κ1) is 15.4. The summed E-state index contributed by atoms with van der Waals surface area (Å²) in [5.41, 5.74) is 2.66. The highest BCUT2D eigenvalue weighted by atomic mass is 16.3. The van der Waals surface area contributed by atoms with Crippen LogP contribution in [0.5, 0.6) is 0 Å². The van der Waals surface area contributed by atoms with Gasteiger partial charge in [0, 0.05) is 22.5 Å². The number of aliphatic hydroxyl groups is 1. The lowest BCUT2D eigenvalue weighted by atomic mass is 10.1. The normalized spacial score (nSPS) is 12.4. The smallest absolute Gasteiger partial charge is 0.251 e. The summed E-state index contributed by atoms with van der Waals surface area (Å²) in [5, 5.41) is 14.4. The first-order chi connectivity index (χ1) is 12.3. The monoisotopic (exact) mass is 332 g/mol. The number of aliphatic hydroxyl groups excluding tert-OH is 1. The molecule has 1 amide bonds. The average Bonchev–Trinajstić information content (AvgIpc) is 3.04. The molecule has 5 nitrogen and oxygen atoms in total. The van der Waals surface area contributed by atoms with E-state index in [1.807, 2.05) is 42.5 Å². The maximum atomic E-state index is 12.6. The molecule has 0 aliphatic heterocycles. The molecule has 0 spiro atoms. The lowest BCUT2D eigenvalue weighted by Gasteiger charge is -2.16. The number of nitrogens with one attached hydrogen (secondary N) is 1. The third-order valence-corrected chi connectivity index (χ3v) is 4.23. The number of furan rings is 1. The third kappa shape index (κ3) is 2.86. The molecule has 0 radical (unpaired) electrons. The maximum absolute atomic E-state index is 12.6. The van der Waals surface area contributed by atoms with Gasteiger partial charge in [0.25, 0.3) is 5.91 Å². The Hall–Kier alpha value is -3.18. The van der Waals surface area contributed by atoms with Gasteiger partial charge in [-0.05, 0) is 29.8 Å². The van der Waals surface area contributed by atoms with Crippen molar-refractivity contribution < 1.29 is 14.3 Å². The van der Waals surface area contributed by atoms with Gasteiger partial charge >= 0.3 is 0 Å². The fourth-order valence-electron chi connectivity index (χ4n) is 2.93. The van der Waals surface area contributed by atoms with Gasteiger partial charge < -0.3 is 14.8 Å². The fraction of sp³-hybridized carbons (Fsp3) is 0.100. The number of carbonyl (C=O) groups excluding carboxylic acids is 1. The highest BCUT2D eigenvalue weighted by molar-refractivity contribution is 6.07. The van der Waals surface area contributed by atoms with Crippen molar-refractivity contribution in [1.82, 2.24) is 10.3 Å². The number of nitrogens with zero attached hydrogens (tertiary/aromatic N) is 1. The van der Waals surface area contributed by atoms with Crippen molar-refractivity contribution >= 4 is 27.8 Å². The molecule has 2 aromatic heterocycles. The Kier molecular flexibility index (Phi) is 3.91. The zero-order chi connectivity index (χ0) is 17.2. The van der Waals surface area contributed by atoms with Crippen molar-refractivity contribution in [2.75, 3.05) is 6.61 Å². The van der Waals surface area contributed by atoms with E-state index in [2.05, 4.69) is 10.3 Å². The van der Waals surface area contributed by atoms with Crippen molar-refractivity contribution in [3.8, 4) is 0 Å². The van der Waals surface area contributed by atoms with Crippen LogP contribution in [0.2, 0.25) is 0 Å². The molecule has 0 aliphatic rings. The van der Waals surface area contributed by atoms with Gasteiger partial charge in [-0.15, -0.1) is 0 Å². The quantitative estimate of drug-likeness (QED) is 0.600. The van der Waals surface area contributed by atoms with Crippen LogP contribution in [-0.4, -0.2) is 22.6 Å². The molecule has 2 aromatic carbocycles. The minimum atomic E-state index is -0.454. The summed E-state index contributed by atoms with van der Waals surface area (Å²) in [4.78, 5) is 16.6. The number of carbonyl (C=O) groups is 1. The Morgan fingerprint density at radius 1 is 1.08 bits per heavy atom. The predicted molar refractivity (Wildman–Crippen MR) is 95.3 cm³/mol. The van der Waals surface area contributed by atoms with Crippen molar-refractivity contribution in [1.29, 1.82) is 0 Å². The molecule has 1 atom stereocenters. The fourth-order valence-corrected chi connectivity index (χ4v) is 2.93. The van der Waals surface area contributed by atoms with Crippen molar-refractivity contribution in [2.24, 2.45) is 0 Å². The molecule has 0 aliphatic carbocycles. The van der Waals surface area contributed by atoms with Gasteiger partial charge in [0.05, 0.1) is 18.8 Å². The van der Waals surface area contributed by atoms with Crippen molar-refractivity contribution in [3.05, 3.63) is 78.1 Å². The number of hydrogen-bond acceptors (Lipinski definition) is 4. The van der Waals surface area contributed by atoms with Crippen LogP contribution in [0, 0.1) is 0 Å². The van der Waals surface area contributed by atoms with E-state index in [1.165, 1.54) is 0 Å². The lowest BCUT2D eigenvalue weighted by molar-refractivity contribution is 0.0916. The molecule has 0 fully saturated rings. The zero-order valence-electron chi connectivity index (χ0n) is 13.3. The average molecular weight is 332 g/mol. The van der Waals surface area contributed by atoms with E-state index in [0.717, 1.165) is 16.3 Å². The van der Waals surface area contributed by atoms with Crippen molar-refractivity contribution in [3.63, 3.8) is 0 Å². The van der Waals surface area contributed by atoms with Crippen LogP contribution in [0.3, 0.4) is 0 Å². The van der Waals surface area contributed by atoms with Crippen LogP contribution in [0.25, 0.3) is 21.9 Å². The molecule has 124 valence electrons. The molecule has 0 bridgehead atoms. The Morgan fingerprint density at radius 2 is 1.88 bits per heavy atom. The Balaban J connectivity index is 1.64. The number of aromatic nitrogens is 1. The first-order valence-electron chi connectivity index (χ1n) is 7.99. The lowest BCUT2D eigenvalue weighted by Crippen LogP contribution is -2.30. The second kappa shape index (κ2) is 6.37. The molecule has 5 heteroatoms. The Labute approximate surface area is 143 Å². The number of pyridine rings is 1. The van der Waals surface area contributed by atoms with E-state index in [1.54, 1.807) is 24.5 Å². The third-order valence-electron chi connectivity index (χ3n) is 4.23. The van der Waals surface area contributed by atoms with Crippen LogP contribution >= 0.6 is 0 Å². The van der Waals surface area contributed by atoms with E-state index < -0.39 is 6.04 Å². The first-order valence-corrected chi connectivity index (χ1v) is 7.99. The van der Waals surface area contributed by atoms with E-state index in [9.17, 15) is 9.90 Å². The topological polar surface area (TPSA) is 75.4 Å². The van der Waals surface area contributed by atoms with Crippen LogP contribution in [0.15, 0.2) is 71.4 Å². The molecular formula is C20H16N2O3. The van der Waals surface area contributed by atoms with E-state index >= 15 is 0 Å². The van der Waals surface area contributed by atoms with Gasteiger partial charge in [-0.2, -0.15) is 0 Å². The molecule has 0 saturated carbocycles. The molecule has 25 heavy (non-hydrogen) atoms. The summed E-state index contributed by atoms with van der Waals surface area (Å²) in [7, 11) is 0. The Morgan fingerprint density at radius 3 is 2.68 bits per heavy atom. The van der Waals surface area contributed by atoms with Gasteiger partial charge in [-0.3, -0.25) is 9.78 Å². The number of fused-ring (bicyclic) bond motifs is 3. The van der Waals surface area contributed by atoms with Gasteiger partial charge in [0.2, 0.25) is 0 Å². The molecule has 2 N–H and O–H groups in total. The zero-order valence-corrected chi connectivity index (χ0v) is 13.3. The minimum absolute atomic E-state index is 0.172.